The molecule has 0 saturated carbocycles. The summed E-state index contributed by atoms with van der Waals surface area (Å²) in [6.45, 7) is 6.30. The summed E-state index contributed by atoms with van der Waals surface area (Å²) < 4.78 is 0. The summed E-state index contributed by atoms with van der Waals surface area (Å²) in [7, 11) is 0. The van der Waals surface area contributed by atoms with Gasteiger partial charge in [0.1, 0.15) is 5.82 Å². The molecule has 0 fully saturated rings. The largest absolute Gasteiger partial charge is 0.324 e. The second kappa shape index (κ2) is 5.24. The molecule has 0 spiro atoms. The molecule has 0 amide bonds. The fourth-order valence-corrected chi connectivity index (χ4v) is 1.61. The molecule has 2 rings (SSSR count). The fraction of sp³-hybridized carbons (Fsp3) is 0.286. The van der Waals surface area contributed by atoms with Crippen molar-refractivity contribution in [3.05, 3.63) is 42.1 Å². The maximum Gasteiger partial charge on any atom is 0.229 e. The summed E-state index contributed by atoms with van der Waals surface area (Å²) in [6, 6.07) is 11.7. The molecule has 0 unspecified atom stereocenters. The van der Waals surface area contributed by atoms with E-state index in [4.69, 9.17) is 5.84 Å². The predicted molar refractivity (Wildman–Crippen MR) is 78.3 cm³/mol. The van der Waals surface area contributed by atoms with E-state index >= 15 is 0 Å². The van der Waals surface area contributed by atoms with Crippen LogP contribution in [0.25, 0.3) is 0 Å². The summed E-state index contributed by atoms with van der Waals surface area (Å²) in [5.74, 6) is 6.59. The maximum atomic E-state index is 5.46. The van der Waals surface area contributed by atoms with E-state index in [0.29, 0.717) is 11.8 Å². The van der Waals surface area contributed by atoms with E-state index in [9.17, 15) is 0 Å². The molecule has 100 valence electrons. The number of nitrogens with two attached hydrogens (primary N) is 1. The number of rotatable bonds is 3. The molecule has 0 radical (unpaired) electrons. The van der Waals surface area contributed by atoms with Crippen molar-refractivity contribution in [2.45, 2.75) is 26.2 Å². The number of aromatic nitrogens is 2. The molecule has 4 N–H and O–H groups in total. The molecule has 0 bridgehead atoms. The first-order valence-electron chi connectivity index (χ1n) is 6.17. The molecule has 1 aromatic heterocycles. The van der Waals surface area contributed by atoms with Crippen LogP contribution in [0.4, 0.5) is 17.5 Å². The van der Waals surface area contributed by atoms with Crippen molar-refractivity contribution in [3.63, 3.8) is 0 Å². The normalized spacial score (nSPS) is 11.2. The maximum absolute atomic E-state index is 5.46. The number of nitrogen functional groups attached to an aromatic ring is 1. The monoisotopic (exact) mass is 257 g/mol. The first-order chi connectivity index (χ1) is 8.99. The smallest absolute Gasteiger partial charge is 0.229 e. The van der Waals surface area contributed by atoms with Crippen molar-refractivity contribution < 1.29 is 0 Å². The molecule has 5 nitrogen and oxygen atoms in total. The summed E-state index contributed by atoms with van der Waals surface area (Å²) >= 11 is 0. The minimum atomic E-state index is -0.0678. The summed E-state index contributed by atoms with van der Waals surface area (Å²) in [5, 5.41) is 3.17. The number of hydrazine groups is 1. The lowest BCUT2D eigenvalue weighted by molar-refractivity contribution is 0.568. The van der Waals surface area contributed by atoms with Crippen molar-refractivity contribution in [2.75, 3.05) is 10.7 Å². The lowest BCUT2D eigenvalue weighted by atomic mass is 9.92. The van der Waals surface area contributed by atoms with E-state index in [-0.39, 0.29) is 5.41 Å². The molecule has 1 heterocycles. The first kappa shape index (κ1) is 13.3. The number of hydrogen-bond acceptors (Lipinski definition) is 5. The standard InChI is InChI=1S/C14H19N5/c1-14(2,3)11-9-12(19-15)18-13(17-11)16-10-7-5-4-6-8-10/h4-9H,15H2,1-3H3,(H2,16,17,18,19). The van der Waals surface area contributed by atoms with E-state index in [2.05, 4.69) is 41.5 Å². The molecule has 0 aliphatic rings. The van der Waals surface area contributed by atoms with Crippen LogP contribution in [0.5, 0.6) is 0 Å². The van der Waals surface area contributed by atoms with Crippen molar-refractivity contribution in [3.8, 4) is 0 Å². The van der Waals surface area contributed by atoms with Crippen LogP contribution < -0.4 is 16.6 Å². The van der Waals surface area contributed by atoms with Gasteiger partial charge in [-0.25, -0.2) is 10.8 Å². The topological polar surface area (TPSA) is 75.9 Å². The summed E-state index contributed by atoms with van der Waals surface area (Å²) in [5.41, 5.74) is 4.37. The summed E-state index contributed by atoms with van der Waals surface area (Å²) in [6.07, 6.45) is 0. The molecular weight excluding hydrogens is 238 g/mol. The van der Waals surface area contributed by atoms with E-state index in [1.807, 2.05) is 36.4 Å². The van der Waals surface area contributed by atoms with Gasteiger partial charge in [-0.3, -0.25) is 0 Å². The Kier molecular flexibility index (Phi) is 3.66. The minimum Gasteiger partial charge on any atom is -0.324 e. The Morgan fingerprint density at radius 1 is 1.05 bits per heavy atom. The van der Waals surface area contributed by atoms with Gasteiger partial charge in [0.25, 0.3) is 0 Å². The Morgan fingerprint density at radius 2 is 1.74 bits per heavy atom. The molecular formula is C14H19N5. The van der Waals surface area contributed by atoms with Crippen LogP contribution in [0, 0.1) is 0 Å². The molecule has 1 aromatic carbocycles. The van der Waals surface area contributed by atoms with E-state index in [0.717, 1.165) is 11.4 Å². The SMILES string of the molecule is CC(C)(C)c1cc(NN)nc(Nc2ccccc2)n1. The number of anilines is 3. The lowest BCUT2D eigenvalue weighted by Gasteiger charge is -2.19. The second-order valence-electron chi connectivity index (χ2n) is 5.35. The fourth-order valence-electron chi connectivity index (χ4n) is 1.61. The van der Waals surface area contributed by atoms with E-state index in [1.54, 1.807) is 0 Å². The van der Waals surface area contributed by atoms with E-state index in [1.165, 1.54) is 0 Å². The Morgan fingerprint density at radius 3 is 2.32 bits per heavy atom. The quantitative estimate of drug-likeness (QED) is 0.582. The third kappa shape index (κ3) is 3.42. The van der Waals surface area contributed by atoms with Crippen molar-refractivity contribution >= 4 is 17.5 Å². The van der Waals surface area contributed by atoms with Gasteiger partial charge >= 0.3 is 0 Å². The van der Waals surface area contributed by atoms with Crippen molar-refractivity contribution in [1.29, 1.82) is 0 Å². The van der Waals surface area contributed by atoms with Gasteiger partial charge in [0.15, 0.2) is 0 Å². The van der Waals surface area contributed by atoms with Gasteiger partial charge in [-0.05, 0) is 12.1 Å². The average molecular weight is 257 g/mol. The molecule has 19 heavy (non-hydrogen) atoms. The van der Waals surface area contributed by atoms with Crippen molar-refractivity contribution in [2.24, 2.45) is 5.84 Å². The average Bonchev–Trinajstić information content (AvgIpc) is 2.38. The highest BCUT2D eigenvalue weighted by molar-refractivity contribution is 5.55. The second-order valence-corrected chi connectivity index (χ2v) is 5.35. The van der Waals surface area contributed by atoms with Crippen LogP contribution in [0.1, 0.15) is 26.5 Å². The third-order valence-corrected chi connectivity index (χ3v) is 2.67. The van der Waals surface area contributed by atoms with Crippen LogP contribution >= 0.6 is 0 Å². The zero-order chi connectivity index (χ0) is 13.9. The van der Waals surface area contributed by atoms with Crippen LogP contribution in [-0.4, -0.2) is 9.97 Å². The van der Waals surface area contributed by atoms with Gasteiger partial charge in [-0.15, -0.1) is 0 Å². The van der Waals surface area contributed by atoms with Crippen LogP contribution in [0.2, 0.25) is 0 Å². The zero-order valence-corrected chi connectivity index (χ0v) is 11.4. The Balaban J connectivity index is 2.35. The van der Waals surface area contributed by atoms with Crippen LogP contribution in [0.15, 0.2) is 36.4 Å². The Bertz CT molecular complexity index is 546. The van der Waals surface area contributed by atoms with E-state index < -0.39 is 0 Å². The molecule has 0 atom stereocenters. The minimum absolute atomic E-state index is 0.0678. The van der Waals surface area contributed by atoms with Crippen molar-refractivity contribution in [1.82, 2.24) is 9.97 Å². The zero-order valence-electron chi connectivity index (χ0n) is 11.4. The number of nitrogens with zero attached hydrogens (tertiary/aromatic N) is 2. The van der Waals surface area contributed by atoms with Gasteiger partial charge < -0.3 is 10.7 Å². The Hall–Kier alpha value is -2.14. The van der Waals surface area contributed by atoms with Gasteiger partial charge in [-0.1, -0.05) is 39.0 Å². The highest BCUT2D eigenvalue weighted by Gasteiger charge is 2.17. The van der Waals surface area contributed by atoms with Gasteiger partial charge in [0.2, 0.25) is 5.95 Å². The predicted octanol–water partition coefficient (Wildman–Crippen LogP) is 2.80. The molecule has 0 saturated heterocycles. The number of hydrogen-bond donors (Lipinski definition) is 3. The molecule has 0 aliphatic heterocycles. The van der Waals surface area contributed by atoms with Crippen LogP contribution in [0.3, 0.4) is 0 Å². The first-order valence-corrected chi connectivity index (χ1v) is 6.17. The molecule has 0 aliphatic carbocycles. The highest BCUT2D eigenvalue weighted by Crippen LogP contribution is 2.24. The number of para-hydroxylation sites is 1. The third-order valence-electron chi connectivity index (χ3n) is 2.67. The highest BCUT2D eigenvalue weighted by atomic mass is 15.3. The van der Waals surface area contributed by atoms with Gasteiger partial charge in [0, 0.05) is 17.2 Å². The molecule has 5 heteroatoms. The summed E-state index contributed by atoms with van der Waals surface area (Å²) in [4.78, 5) is 8.83. The number of benzene rings is 1. The molecule has 2 aromatic rings. The Labute approximate surface area is 113 Å². The lowest BCUT2D eigenvalue weighted by Crippen LogP contribution is -2.18. The van der Waals surface area contributed by atoms with Gasteiger partial charge in [-0.2, -0.15) is 4.98 Å². The van der Waals surface area contributed by atoms with Gasteiger partial charge in [0.05, 0.1) is 5.69 Å². The van der Waals surface area contributed by atoms with Crippen LogP contribution in [-0.2, 0) is 5.41 Å². The number of nitrogens with one attached hydrogen (secondary N) is 2.